The van der Waals surface area contributed by atoms with Gasteiger partial charge >= 0.3 is 5.97 Å². The van der Waals surface area contributed by atoms with E-state index in [-0.39, 0.29) is 17.5 Å². The van der Waals surface area contributed by atoms with Crippen molar-refractivity contribution in [1.29, 1.82) is 0 Å². The van der Waals surface area contributed by atoms with Gasteiger partial charge in [-0.25, -0.2) is 0 Å². The van der Waals surface area contributed by atoms with Crippen LogP contribution < -0.4 is 0 Å². The van der Waals surface area contributed by atoms with E-state index in [9.17, 15) is 9.90 Å². The van der Waals surface area contributed by atoms with Gasteiger partial charge in [0.2, 0.25) is 0 Å². The Morgan fingerprint density at radius 3 is 2.67 bits per heavy atom. The van der Waals surface area contributed by atoms with Gasteiger partial charge in [-0.2, -0.15) is 0 Å². The van der Waals surface area contributed by atoms with E-state index in [1.165, 1.54) is 6.92 Å². The van der Waals surface area contributed by atoms with Gasteiger partial charge in [0.05, 0.1) is 6.10 Å². The van der Waals surface area contributed by atoms with E-state index >= 15 is 0 Å². The molecule has 1 unspecified atom stereocenters. The van der Waals surface area contributed by atoms with Crippen LogP contribution in [0.2, 0.25) is 0 Å². The predicted octanol–water partition coefficient (Wildman–Crippen LogP) is 2.44. The third kappa shape index (κ3) is 3.89. The summed E-state index contributed by atoms with van der Waals surface area (Å²) in [5, 5.41) is 9.78. The molecule has 2 atom stereocenters. The van der Waals surface area contributed by atoms with Crippen molar-refractivity contribution < 1.29 is 14.6 Å². The van der Waals surface area contributed by atoms with Gasteiger partial charge in [0.1, 0.15) is 0 Å². The molecule has 1 rings (SSSR count). The molecule has 18 heavy (non-hydrogen) atoms. The molecule has 100 valence electrons. The summed E-state index contributed by atoms with van der Waals surface area (Å²) in [5.74, 6) is 5.76. The van der Waals surface area contributed by atoms with Gasteiger partial charge < -0.3 is 9.84 Å². The predicted molar refractivity (Wildman–Crippen MR) is 70.7 cm³/mol. The highest BCUT2D eigenvalue weighted by molar-refractivity contribution is 5.66. The molecular weight excluding hydrogens is 228 g/mol. The lowest BCUT2D eigenvalue weighted by Gasteiger charge is -2.34. The Morgan fingerprint density at radius 2 is 2.17 bits per heavy atom. The van der Waals surface area contributed by atoms with Gasteiger partial charge in [-0.1, -0.05) is 31.3 Å². The summed E-state index contributed by atoms with van der Waals surface area (Å²) in [6.45, 7) is 9.31. The first kappa shape index (κ1) is 14.8. The molecule has 0 aliphatic heterocycles. The fourth-order valence-corrected chi connectivity index (χ4v) is 2.52. The van der Waals surface area contributed by atoms with Gasteiger partial charge in [-0.05, 0) is 26.7 Å². The molecule has 0 spiro atoms. The summed E-state index contributed by atoms with van der Waals surface area (Å²) >= 11 is 0. The molecule has 0 saturated carbocycles. The van der Waals surface area contributed by atoms with Crippen molar-refractivity contribution >= 4 is 5.97 Å². The first-order valence-electron chi connectivity index (χ1n) is 6.29. The Kier molecular flexibility index (Phi) is 4.59. The summed E-state index contributed by atoms with van der Waals surface area (Å²) in [4.78, 5) is 10.8. The first-order valence-corrected chi connectivity index (χ1v) is 6.29. The highest BCUT2D eigenvalue weighted by Crippen LogP contribution is 2.39. The lowest BCUT2D eigenvalue weighted by Crippen LogP contribution is -2.28. The van der Waals surface area contributed by atoms with E-state index in [1.54, 1.807) is 6.92 Å². The maximum absolute atomic E-state index is 10.8. The SMILES string of the molecule is CC(=O)OC(C)C#CC1=C(C)C[C@@H](O)CC1(C)C. The quantitative estimate of drug-likeness (QED) is 0.574. The fourth-order valence-electron chi connectivity index (χ4n) is 2.52. The van der Waals surface area contributed by atoms with E-state index in [1.807, 2.05) is 6.92 Å². The Morgan fingerprint density at radius 1 is 1.56 bits per heavy atom. The molecule has 0 fully saturated rings. The Hall–Kier alpha value is -1.27. The zero-order valence-corrected chi connectivity index (χ0v) is 11.8. The lowest BCUT2D eigenvalue weighted by atomic mass is 9.72. The fraction of sp³-hybridized carbons (Fsp3) is 0.667. The minimum Gasteiger partial charge on any atom is -0.450 e. The zero-order valence-electron chi connectivity index (χ0n) is 11.8. The van der Waals surface area contributed by atoms with Crippen LogP contribution in [0.1, 0.15) is 47.5 Å². The van der Waals surface area contributed by atoms with Crippen LogP contribution in [0.5, 0.6) is 0 Å². The molecular formula is C15H22O3. The van der Waals surface area contributed by atoms with Crippen molar-refractivity contribution in [1.82, 2.24) is 0 Å². The number of aliphatic hydroxyl groups excluding tert-OH is 1. The zero-order chi connectivity index (χ0) is 13.9. The lowest BCUT2D eigenvalue weighted by molar-refractivity contribution is -0.143. The summed E-state index contributed by atoms with van der Waals surface area (Å²) in [5.41, 5.74) is 2.07. The number of esters is 1. The van der Waals surface area contributed by atoms with Gasteiger partial charge in [0, 0.05) is 17.9 Å². The molecule has 3 heteroatoms. The van der Waals surface area contributed by atoms with E-state index < -0.39 is 6.10 Å². The molecule has 0 heterocycles. The third-order valence-corrected chi connectivity index (χ3v) is 3.13. The minimum absolute atomic E-state index is 0.120. The van der Waals surface area contributed by atoms with Crippen molar-refractivity contribution in [2.45, 2.75) is 59.7 Å². The van der Waals surface area contributed by atoms with Crippen LogP contribution in [0, 0.1) is 17.3 Å². The summed E-state index contributed by atoms with van der Waals surface area (Å²) in [7, 11) is 0. The number of hydrogen-bond donors (Lipinski definition) is 1. The molecule has 0 aromatic rings. The average molecular weight is 250 g/mol. The number of carbonyl (C=O) groups excluding carboxylic acids is 1. The van der Waals surface area contributed by atoms with Crippen LogP contribution in [0.4, 0.5) is 0 Å². The van der Waals surface area contributed by atoms with Crippen molar-refractivity contribution in [3.63, 3.8) is 0 Å². The molecule has 1 aliphatic carbocycles. The minimum atomic E-state index is -0.398. The molecule has 0 radical (unpaired) electrons. The molecule has 0 saturated heterocycles. The van der Waals surface area contributed by atoms with Crippen molar-refractivity contribution in [2.24, 2.45) is 5.41 Å². The normalized spacial score (nSPS) is 24.0. The number of rotatable bonds is 1. The number of ether oxygens (including phenoxy) is 1. The van der Waals surface area contributed by atoms with Gasteiger partial charge in [0.25, 0.3) is 0 Å². The summed E-state index contributed by atoms with van der Waals surface area (Å²) in [6.07, 6.45) is 0.716. The van der Waals surface area contributed by atoms with Gasteiger partial charge in [-0.15, -0.1) is 0 Å². The molecule has 0 aromatic heterocycles. The van der Waals surface area contributed by atoms with Gasteiger partial charge in [-0.3, -0.25) is 4.79 Å². The van der Waals surface area contributed by atoms with Crippen molar-refractivity contribution in [2.75, 3.05) is 0 Å². The Balaban J connectivity index is 2.91. The molecule has 0 amide bonds. The maximum atomic E-state index is 10.8. The van der Waals surface area contributed by atoms with Crippen LogP contribution in [0.25, 0.3) is 0 Å². The second-order valence-corrected chi connectivity index (χ2v) is 5.62. The van der Waals surface area contributed by atoms with E-state index in [2.05, 4.69) is 25.7 Å². The van der Waals surface area contributed by atoms with Crippen LogP contribution in [0.15, 0.2) is 11.1 Å². The Labute approximate surface area is 109 Å². The highest BCUT2D eigenvalue weighted by Gasteiger charge is 2.32. The van der Waals surface area contributed by atoms with Crippen molar-refractivity contribution in [3.05, 3.63) is 11.1 Å². The largest absolute Gasteiger partial charge is 0.450 e. The first-order chi connectivity index (χ1) is 8.22. The molecule has 0 aromatic carbocycles. The van der Waals surface area contributed by atoms with Crippen molar-refractivity contribution in [3.8, 4) is 11.8 Å². The maximum Gasteiger partial charge on any atom is 0.303 e. The van der Waals surface area contributed by atoms with E-state index in [0.717, 1.165) is 17.6 Å². The monoisotopic (exact) mass is 250 g/mol. The third-order valence-electron chi connectivity index (χ3n) is 3.13. The van der Waals surface area contributed by atoms with Gasteiger partial charge in [0.15, 0.2) is 6.10 Å². The highest BCUT2D eigenvalue weighted by atomic mass is 16.5. The number of allylic oxidation sites excluding steroid dienone is 1. The molecule has 3 nitrogen and oxygen atoms in total. The van der Waals surface area contributed by atoms with E-state index in [0.29, 0.717) is 6.42 Å². The smallest absolute Gasteiger partial charge is 0.303 e. The summed E-state index contributed by atoms with van der Waals surface area (Å²) in [6, 6.07) is 0. The Bertz CT molecular complexity index is 421. The van der Waals surface area contributed by atoms with Crippen LogP contribution in [-0.4, -0.2) is 23.3 Å². The average Bonchev–Trinajstić information content (AvgIpc) is 2.12. The molecule has 0 bridgehead atoms. The topological polar surface area (TPSA) is 46.5 Å². The number of carbonyl (C=O) groups is 1. The van der Waals surface area contributed by atoms with Crippen LogP contribution in [-0.2, 0) is 9.53 Å². The second kappa shape index (κ2) is 5.58. The number of aliphatic hydroxyl groups is 1. The molecule has 1 aliphatic rings. The molecule has 1 N–H and O–H groups in total. The van der Waals surface area contributed by atoms with Crippen LogP contribution >= 0.6 is 0 Å². The number of hydrogen-bond acceptors (Lipinski definition) is 3. The standard InChI is InChI=1S/C15H22O3/c1-10-8-13(17)9-15(4,5)14(10)7-6-11(2)18-12(3)16/h11,13,17H,8-9H2,1-5H3/t11?,13-/m1/s1. The van der Waals surface area contributed by atoms with Crippen LogP contribution in [0.3, 0.4) is 0 Å². The second-order valence-electron chi connectivity index (χ2n) is 5.62. The van der Waals surface area contributed by atoms with E-state index in [4.69, 9.17) is 4.74 Å². The summed E-state index contributed by atoms with van der Waals surface area (Å²) < 4.78 is 4.98.